The second-order valence-electron chi connectivity index (χ2n) is 4.15. The van der Waals surface area contributed by atoms with E-state index in [0.717, 1.165) is 11.3 Å². The minimum atomic E-state index is 0.373. The summed E-state index contributed by atoms with van der Waals surface area (Å²) in [5.41, 5.74) is 4.79. The standard InChI is InChI=1S/C14H14Cl2N4/c1-9-7-12(16)13(8-11(9)15)19-14(20-17)18-10-5-3-2-4-6-10/h2-8H,17H2,1H3,(H2,18,19,20). The number of hydrogen-bond acceptors (Lipinski definition) is 2. The van der Waals surface area contributed by atoms with Crippen molar-refractivity contribution >= 4 is 40.5 Å². The number of guanidine groups is 1. The highest BCUT2D eigenvalue weighted by atomic mass is 35.5. The van der Waals surface area contributed by atoms with E-state index in [1.54, 1.807) is 12.1 Å². The van der Waals surface area contributed by atoms with Gasteiger partial charge in [0.05, 0.1) is 10.7 Å². The zero-order chi connectivity index (χ0) is 14.5. The fourth-order valence-corrected chi connectivity index (χ4v) is 2.01. The van der Waals surface area contributed by atoms with Gasteiger partial charge in [0.15, 0.2) is 0 Å². The number of hydrogen-bond donors (Lipinski definition) is 3. The summed E-state index contributed by atoms with van der Waals surface area (Å²) in [6, 6.07) is 13.0. The average Bonchev–Trinajstić information content (AvgIpc) is 2.45. The number of hydrazine groups is 1. The van der Waals surface area contributed by atoms with Gasteiger partial charge in [-0.05, 0) is 36.8 Å². The van der Waals surface area contributed by atoms with Gasteiger partial charge in [0, 0.05) is 10.7 Å². The van der Waals surface area contributed by atoms with Gasteiger partial charge < -0.3 is 5.32 Å². The Labute approximate surface area is 127 Å². The molecule has 0 aliphatic heterocycles. The summed E-state index contributed by atoms with van der Waals surface area (Å²) in [4.78, 5) is 4.33. The third-order valence-corrected chi connectivity index (χ3v) is 3.34. The lowest BCUT2D eigenvalue weighted by Gasteiger charge is -2.10. The second-order valence-corrected chi connectivity index (χ2v) is 4.96. The molecule has 104 valence electrons. The van der Waals surface area contributed by atoms with Crippen molar-refractivity contribution in [2.75, 3.05) is 5.32 Å². The van der Waals surface area contributed by atoms with Gasteiger partial charge in [-0.1, -0.05) is 41.4 Å². The summed E-state index contributed by atoms with van der Waals surface area (Å²) in [5.74, 6) is 5.84. The molecule has 6 heteroatoms. The smallest absolute Gasteiger partial charge is 0.215 e. The molecule has 2 aromatic rings. The van der Waals surface area contributed by atoms with E-state index in [1.165, 1.54) is 0 Å². The summed E-state index contributed by atoms with van der Waals surface area (Å²) in [6.45, 7) is 1.88. The number of aliphatic imine (C=N–C) groups is 1. The van der Waals surface area contributed by atoms with Crippen LogP contribution < -0.4 is 16.6 Å². The van der Waals surface area contributed by atoms with Crippen molar-refractivity contribution in [3.8, 4) is 0 Å². The van der Waals surface area contributed by atoms with Crippen LogP contribution in [0.5, 0.6) is 0 Å². The third-order valence-electron chi connectivity index (χ3n) is 2.63. The summed E-state index contributed by atoms with van der Waals surface area (Å²) in [6.07, 6.45) is 0. The molecule has 0 saturated carbocycles. The molecule has 0 unspecified atom stereocenters. The number of rotatable bonds is 2. The Morgan fingerprint density at radius 1 is 1.10 bits per heavy atom. The molecule has 0 radical (unpaired) electrons. The van der Waals surface area contributed by atoms with Crippen LogP contribution >= 0.6 is 23.2 Å². The first-order valence-electron chi connectivity index (χ1n) is 5.93. The number of nitrogens with one attached hydrogen (secondary N) is 2. The summed E-state index contributed by atoms with van der Waals surface area (Å²) < 4.78 is 0. The van der Waals surface area contributed by atoms with Crippen LogP contribution in [0.25, 0.3) is 0 Å². The van der Waals surface area contributed by atoms with Gasteiger partial charge in [-0.25, -0.2) is 10.8 Å². The number of para-hydroxylation sites is 1. The predicted molar refractivity (Wildman–Crippen MR) is 85.7 cm³/mol. The van der Waals surface area contributed by atoms with Crippen LogP contribution in [0.3, 0.4) is 0 Å². The van der Waals surface area contributed by atoms with E-state index in [-0.39, 0.29) is 0 Å². The molecule has 2 rings (SSSR count). The van der Waals surface area contributed by atoms with Gasteiger partial charge in [0.1, 0.15) is 0 Å². The Balaban J connectivity index is 2.29. The van der Waals surface area contributed by atoms with Crippen molar-refractivity contribution < 1.29 is 0 Å². The minimum absolute atomic E-state index is 0.373. The number of aryl methyl sites for hydroxylation is 1. The highest BCUT2D eigenvalue weighted by Crippen LogP contribution is 2.31. The van der Waals surface area contributed by atoms with Gasteiger partial charge >= 0.3 is 0 Å². The lowest BCUT2D eigenvalue weighted by Crippen LogP contribution is -2.35. The van der Waals surface area contributed by atoms with Crippen LogP contribution in [-0.4, -0.2) is 5.96 Å². The molecule has 0 amide bonds. The second kappa shape index (κ2) is 6.61. The van der Waals surface area contributed by atoms with E-state index in [2.05, 4.69) is 15.7 Å². The normalized spacial score (nSPS) is 11.3. The zero-order valence-corrected chi connectivity index (χ0v) is 12.3. The van der Waals surface area contributed by atoms with Crippen LogP contribution in [0.1, 0.15) is 5.56 Å². The number of benzene rings is 2. The molecule has 0 aliphatic rings. The lowest BCUT2D eigenvalue weighted by molar-refractivity contribution is 1.02. The molecule has 0 fully saturated rings. The molecule has 0 aliphatic carbocycles. The van der Waals surface area contributed by atoms with Crippen LogP contribution in [0, 0.1) is 6.92 Å². The SMILES string of the molecule is Cc1cc(Cl)c(N=C(NN)Nc2ccccc2)cc1Cl. The van der Waals surface area contributed by atoms with Gasteiger partial charge in [-0.15, -0.1) is 0 Å². The molecule has 20 heavy (non-hydrogen) atoms. The van der Waals surface area contributed by atoms with E-state index in [4.69, 9.17) is 29.0 Å². The van der Waals surface area contributed by atoms with Gasteiger partial charge in [0.2, 0.25) is 5.96 Å². The van der Waals surface area contributed by atoms with Crippen LogP contribution in [0.4, 0.5) is 11.4 Å². The fraction of sp³-hybridized carbons (Fsp3) is 0.0714. The predicted octanol–water partition coefficient (Wildman–Crippen LogP) is 3.86. The minimum Gasteiger partial charge on any atom is -0.325 e. The molecule has 0 aromatic heterocycles. The monoisotopic (exact) mass is 308 g/mol. The molecule has 0 spiro atoms. The van der Waals surface area contributed by atoms with E-state index in [0.29, 0.717) is 21.7 Å². The highest BCUT2D eigenvalue weighted by molar-refractivity contribution is 6.35. The Morgan fingerprint density at radius 3 is 2.45 bits per heavy atom. The molecular weight excluding hydrogens is 295 g/mol. The molecule has 0 atom stereocenters. The number of nitrogens with two attached hydrogens (primary N) is 1. The highest BCUT2D eigenvalue weighted by Gasteiger charge is 2.05. The first-order valence-corrected chi connectivity index (χ1v) is 6.69. The largest absolute Gasteiger partial charge is 0.325 e. The summed E-state index contributed by atoms with van der Waals surface area (Å²) in [7, 11) is 0. The quantitative estimate of drug-likeness (QED) is 0.341. The van der Waals surface area contributed by atoms with Gasteiger partial charge in [-0.3, -0.25) is 5.43 Å². The summed E-state index contributed by atoms with van der Waals surface area (Å²) >= 11 is 12.2. The van der Waals surface area contributed by atoms with Gasteiger partial charge in [0.25, 0.3) is 0 Å². The van der Waals surface area contributed by atoms with E-state index in [9.17, 15) is 0 Å². The van der Waals surface area contributed by atoms with E-state index < -0.39 is 0 Å². The van der Waals surface area contributed by atoms with Crippen LogP contribution in [0.15, 0.2) is 47.5 Å². The molecule has 4 N–H and O–H groups in total. The number of nitrogens with zero attached hydrogens (tertiary/aromatic N) is 1. The number of anilines is 1. The van der Waals surface area contributed by atoms with Crippen LogP contribution in [-0.2, 0) is 0 Å². The van der Waals surface area contributed by atoms with Crippen molar-refractivity contribution in [1.29, 1.82) is 0 Å². The topological polar surface area (TPSA) is 62.4 Å². The zero-order valence-electron chi connectivity index (χ0n) is 10.8. The Morgan fingerprint density at radius 2 is 1.80 bits per heavy atom. The number of halogens is 2. The Kier molecular flexibility index (Phi) is 4.84. The maximum atomic E-state index is 6.14. The van der Waals surface area contributed by atoms with Crippen LogP contribution in [0.2, 0.25) is 10.0 Å². The van der Waals surface area contributed by atoms with Crippen molar-refractivity contribution in [3.63, 3.8) is 0 Å². The Bertz CT molecular complexity index is 627. The summed E-state index contributed by atoms with van der Waals surface area (Å²) in [5, 5.41) is 4.16. The van der Waals surface area contributed by atoms with Crippen molar-refractivity contribution in [3.05, 3.63) is 58.1 Å². The van der Waals surface area contributed by atoms with Crippen molar-refractivity contribution in [2.24, 2.45) is 10.8 Å². The molecule has 2 aromatic carbocycles. The fourth-order valence-electron chi connectivity index (χ4n) is 1.60. The van der Waals surface area contributed by atoms with Gasteiger partial charge in [-0.2, -0.15) is 0 Å². The average molecular weight is 309 g/mol. The maximum Gasteiger partial charge on any atom is 0.215 e. The molecular formula is C14H14Cl2N4. The van der Waals surface area contributed by atoms with Crippen molar-refractivity contribution in [2.45, 2.75) is 6.92 Å². The first kappa shape index (κ1) is 14.7. The first-order chi connectivity index (χ1) is 9.60. The molecule has 4 nitrogen and oxygen atoms in total. The van der Waals surface area contributed by atoms with Crippen molar-refractivity contribution in [1.82, 2.24) is 5.43 Å². The molecule has 0 heterocycles. The lowest BCUT2D eigenvalue weighted by atomic mass is 10.2. The van der Waals surface area contributed by atoms with E-state index >= 15 is 0 Å². The Hall–Kier alpha value is -1.75. The van der Waals surface area contributed by atoms with E-state index in [1.807, 2.05) is 37.3 Å². The maximum absolute atomic E-state index is 6.14. The third kappa shape index (κ3) is 3.63. The molecule has 0 saturated heterocycles. The molecule has 0 bridgehead atoms.